The maximum absolute atomic E-state index is 6.30. The van der Waals surface area contributed by atoms with Crippen molar-refractivity contribution in [2.75, 3.05) is 6.26 Å². The van der Waals surface area contributed by atoms with Crippen LogP contribution in [0.25, 0.3) is 0 Å². The highest BCUT2D eigenvalue weighted by Gasteiger charge is 2.11. The van der Waals surface area contributed by atoms with Gasteiger partial charge in [0, 0.05) is 27.8 Å². The lowest BCUT2D eigenvalue weighted by Gasteiger charge is -2.15. The summed E-state index contributed by atoms with van der Waals surface area (Å²) in [5.74, 6) is 0. The molecule has 0 aliphatic carbocycles. The normalized spacial score (nSPS) is 12.4. The van der Waals surface area contributed by atoms with Gasteiger partial charge in [0.25, 0.3) is 0 Å². The Morgan fingerprint density at radius 2 is 2.11 bits per heavy atom. The molecule has 1 aromatic heterocycles. The molecule has 0 spiro atoms. The molecule has 2 N–H and O–H groups in total. The average Bonchev–Trinajstić information content (AvgIpc) is 2.38. The Kier molecular flexibility index (Phi) is 4.80. The molecular weight excluding hydrogens is 308 g/mol. The number of halogens is 1. The number of nitrogens with two attached hydrogens (primary N) is 1. The topological polar surface area (TPSA) is 38.9 Å². The molecule has 0 aliphatic heterocycles. The number of aromatic nitrogens is 1. The molecule has 1 unspecified atom stereocenters. The third kappa shape index (κ3) is 3.34. The van der Waals surface area contributed by atoms with Crippen LogP contribution < -0.4 is 5.73 Å². The molecule has 0 fully saturated rings. The van der Waals surface area contributed by atoms with Crippen molar-refractivity contribution in [3.63, 3.8) is 0 Å². The van der Waals surface area contributed by atoms with Crippen LogP contribution in [-0.2, 0) is 6.42 Å². The number of nitrogens with zero attached hydrogens (tertiary/aromatic N) is 1. The van der Waals surface area contributed by atoms with Gasteiger partial charge in [-0.15, -0.1) is 11.8 Å². The largest absolute Gasteiger partial charge is 0.324 e. The summed E-state index contributed by atoms with van der Waals surface area (Å²) in [6.45, 7) is 0. The van der Waals surface area contributed by atoms with Crippen LogP contribution in [0, 0.1) is 0 Å². The first-order valence-electron chi connectivity index (χ1n) is 5.68. The summed E-state index contributed by atoms with van der Waals surface area (Å²) in [4.78, 5) is 5.41. The van der Waals surface area contributed by atoms with Crippen LogP contribution in [-0.4, -0.2) is 11.2 Å². The molecule has 1 atom stereocenters. The van der Waals surface area contributed by atoms with E-state index in [2.05, 4.69) is 45.4 Å². The molecule has 0 radical (unpaired) electrons. The van der Waals surface area contributed by atoms with Crippen LogP contribution >= 0.6 is 27.7 Å². The van der Waals surface area contributed by atoms with Crippen molar-refractivity contribution in [1.29, 1.82) is 0 Å². The van der Waals surface area contributed by atoms with Crippen LogP contribution in [0.5, 0.6) is 0 Å². The SMILES string of the molecule is CSc1ccccc1C(N)Cc1cncc(Br)c1. The van der Waals surface area contributed by atoms with Crippen molar-refractivity contribution in [2.24, 2.45) is 5.73 Å². The van der Waals surface area contributed by atoms with Gasteiger partial charge in [-0.05, 0) is 51.9 Å². The van der Waals surface area contributed by atoms with Gasteiger partial charge in [0.2, 0.25) is 0 Å². The summed E-state index contributed by atoms with van der Waals surface area (Å²) in [5.41, 5.74) is 8.64. The molecule has 1 heterocycles. The van der Waals surface area contributed by atoms with E-state index in [0.717, 1.165) is 16.5 Å². The molecule has 1 aromatic carbocycles. The third-order valence-electron chi connectivity index (χ3n) is 2.76. The second kappa shape index (κ2) is 6.36. The Hall–Kier alpha value is -0.840. The summed E-state index contributed by atoms with van der Waals surface area (Å²) in [5, 5.41) is 0. The summed E-state index contributed by atoms with van der Waals surface area (Å²) in [7, 11) is 0. The van der Waals surface area contributed by atoms with Gasteiger partial charge in [-0.25, -0.2) is 0 Å². The molecule has 94 valence electrons. The van der Waals surface area contributed by atoms with E-state index in [9.17, 15) is 0 Å². The van der Waals surface area contributed by atoms with Gasteiger partial charge in [0.05, 0.1) is 0 Å². The van der Waals surface area contributed by atoms with Crippen LogP contribution in [0.1, 0.15) is 17.2 Å². The molecule has 2 aromatic rings. The van der Waals surface area contributed by atoms with E-state index in [-0.39, 0.29) is 6.04 Å². The average molecular weight is 323 g/mol. The molecule has 2 nitrogen and oxygen atoms in total. The van der Waals surface area contributed by atoms with Crippen molar-refractivity contribution in [2.45, 2.75) is 17.4 Å². The molecule has 0 amide bonds. The van der Waals surface area contributed by atoms with Gasteiger partial charge >= 0.3 is 0 Å². The molecule has 4 heteroatoms. The highest BCUT2D eigenvalue weighted by atomic mass is 79.9. The number of benzene rings is 1. The second-order valence-electron chi connectivity index (χ2n) is 4.06. The molecule has 0 aliphatic rings. The van der Waals surface area contributed by atoms with Gasteiger partial charge in [0.1, 0.15) is 0 Å². The fraction of sp³-hybridized carbons (Fsp3) is 0.214. The van der Waals surface area contributed by atoms with Gasteiger partial charge in [-0.2, -0.15) is 0 Å². The lowest BCUT2D eigenvalue weighted by atomic mass is 10.0. The lowest BCUT2D eigenvalue weighted by Crippen LogP contribution is -2.14. The fourth-order valence-electron chi connectivity index (χ4n) is 1.90. The van der Waals surface area contributed by atoms with Crippen molar-refractivity contribution < 1.29 is 0 Å². The Bertz CT molecular complexity index is 531. The van der Waals surface area contributed by atoms with E-state index < -0.39 is 0 Å². The van der Waals surface area contributed by atoms with E-state index in [4.69, 9.17) is 5.73 Å². The molecule has 18 heavy (non-hydrogen) atoms. The first-order valence-corrected chi connectivity index (χ1v) is 7.70. The Morgan fingerprint density at radius 1 is 1.33 bits per heavy atom. The number of hydrogen-bond donors (Lipinski definition) is 1. The number of rotatable bonds is 4. The van der Waals surface area contributed by atoms with Crippen molar-refractivity contribution in [3.05, 3.63) is 58.3 Å². The van der Waals surface area contributed by atoms with Gasteiger partial charge in [-0.3, -0.25) is 4.98 Å². The maximum atomic E-state index is 6.30. The van der Waals surface area contributed by atoms with Crippen LogP contribution in [0.3, 0.4) is 0 Å². The van der Waals surface area contributed by atoms with Crippen LogP contribution in [0.15, 0.2) is 52.1 Å². The number of hydrogen-bond acceptors (Lipinski definition) is 3. The van der Waals surface area contributed by atoms with Gasteiger partial charge < -0.3 is 5.73 Å². The summed E-state index contributed by atoms with van der Waals surface area (Å²) < 4.78 is 0.991. The molecule has 0 bridgehead atoms. The van der Waals surface area contributed by atoms with Crippen LogP contribution in [0.2, 0.25) is 0 Å². The molecular formula is C14H15BrN2S. The minimum atomic E-state index is 0.00440. The molecule has 2 rings (SSSR count). The highest BCUT2D eigenvalue weighted by Crippen LogP contribution is 2.26. The van der Waals surface area contributed by atoms with E-state index in [1.54, 1.807) is 18.0 Å². The lowest BCUT2D eigenvalue weighted by molar-refractivity contribution is 0.705. The quantitative estimate of drug-likeness (QED) is 0.870. The Labute approximate surface area is 120 Å². The Balaban J connectivity index is 2.19. The van der Waals surface area contributed by atoms with Crippen LogP contribution in [0.4, 0.5) is 0 Å². The monoisotopic (exact) mass is 322 g/mol. The van der Waals surface area contributed by atoms with Gasteiger partial charge in [-0.1, -0.05) is 18.2 Å². The first-order chi connectivity index (χ1) is 8.70. The zero-order valence-corrected chi connectivity index (χ0v) is 12.5. The van der Waals surface area contributed by atoms with E-state index in [0.29, 0.717) is 0 Å². The van der Waals surface area contributed by atoms with Crippen molar-refractivity contribution in [1.82, 2.24) is 4.98 Å². The second-order valence-corrected chi connectivity index (χ2v) is 5.83. The minimum absolute atomic E-state index is 0.00440. The summed E-state index contributed by atoms with van der Waals surface area (Å²) in [6.07, 6.45) is 6.52. The molecule has 0 saturated heterocycles. The summed E-state index contributed by atoms with van der Waals surface area (Å²) in [6, 6.07) is 10.4. The van der Waals surface area contributed by atoms with E-state index in [1.807, 2.05) is 18.3 Å². The molecule has 0 saturated carbocycles. The predicted molar refractivity (Wildman–Crippen MR) is 80.8 cm³/mol. The standard InChI is InChI=1S/C14H15BrN2S/c1-18-14-5-3-2-4-12(14)13(16)7-10-6-11(15)9-17-8-10/h2-6,8-9,13H,7,16H2,1H3. The smallest absolute Gasteiger partial charge is 0.0410 e. The minimum Gasteiger partial charge on any atom is -0.324 e. The van der Waals surface area contributed by atoms with Gasteiger partial charge in [0.15, 0.2) is 0 Å². The zero-order valence-electron chi connectivity index (χ0n) is 10.1. The maximum Gasteiger partial charge on any atom is 0.0410 e. The van der Waals surface area contributed by atoms with E-state index in [1.165, 1.54) is 10.5 Å². The fourth-order valence-corrected chi connectivity index (χ4v) is 2.99. The van der Waals surface area contributed by atoms with Crippen molar-refractivity contribution >= 4 is 27.7 Å². The number of pyridine rings is 1. The van der Waals surface area contributed by atoms with E-state index >= 15 is 0 Å². The zero-order chi connectivity index (χ0) is 13.0. The Morgan fingerprint density at radius 3 is 2.83 bits per heavy atom. The summed E-state index contributed by atoms with van der Waals surface area (Å²) >= 11 is 5.16. The highest BCUT2D eigenvalue weighted by molar-refractivity contribution is 9.10. The van der Waals surface area contributed by atoms with Crippen molar-refractivity contribution in [3.8, 4) is 0 Å². The number of thioether (sulfide) groups is 1. The third-order valence-corrected chi connectivity index (χ3v) is 4.00. The predicted octanol–water partition coefficient (Wildman–Crippen LogP) is 3.81. The first kappa shape index (κ1) is 13.6.